The maximum Gasteiger partial charge on any atom is 0.226 e. The fourth-order valence-corrected chi connectivity index (χ4v) is 4.02. The van der Waals surface area contributed by atoms with Crippen LogP contribution in [0.4, 0.5) is 0 Å². The summed E-state index contributed by atoms with van der Waals surface area (Å²) in [5.41, 5.74) is 2.55. The molecule has 2 fully saturated rings. The van der Waals surface area contributed by atoms with Gasteiger partial charge in [-0.15, -0.1) is 0 Å². The number of rotatable bonds is 3. The number of hydrogen-bond acceptors (Lipinski definition) is 2. The fourth-order valence-electron chi connectivity index (χ4n) is 4.02. The summed E-state index contributed by atoms with van der Waals surface area (Å²) < 4.78 is 0. The van der Waals surface area contributed by atoms with Gasteiger partial charge in [0.05, 0.1) is 6.42 Å². The third-order valence-electron chi connectivity index (χ3n) is 5.78. The van der Waals surface area contributed by atoms with Crippen molar-refractivity contribution in [1.82, 2.24) is 9.80 Å². The summed E-state index contributed by atoms with van der Waals surface area (Å²) in [5.74, 6) is 0.522. The van der Waals surface area contributed by atoms with Gasteiger partial charge in [0.15, 0.2) is 0 Å². The molecule has 0 radical (unpaired) electrons. The van der Waals surface area contributed by atoms with Crippen molar-refractivity contribution < 1.29 is 9.59 Å². The van der Waals surface area contributed by atoms with E-state index < -0.39 is 0 Å². The van der Waals surface area contributed by atoms with Crippen LogP contribution in [0.5, 0.6) is 0 Å². The number of piperidine rings is 2. The van der Waals surface area contributed by atoms with Gasteiger partial charge in [-0.1, -0.05) is 29.8 Å². The molecule has 2 aliphatic heterocycles. The van der Waals surface area contributed by atoms with Gasteiger partial charge in [0.2, 0.25) is 11.8 Å². The predicted molar refractivity (Wildman–Crippen MR) is 94.6 cm³/mol. The Morgan fingerprint density at radius 1 is 1.12 bits per heavy atom. The predicted octanol–water partition coefficient (Wildman–Crippen LogP) is 2.79. The van der Waals surface area contributed by atoms with Crippen LogP contribution in [0.25, 0.3) is 0 Å². The molecule has 24 heavy (non-hydrogen) atoms. The van der Waals surface area contributed by atoms with Crippen molar-refractivity contribution in [2.45, 2.75) is 46.0 Å². The number of nitrogens with zero attached hydrogens (tertiary/aromatic N) is 2. The maximum atomic E-state index is 12.6. The van der Waals surface area contributed by atoms with E-state index >= 15 is 0 Å². The third-order valence-corrected chi connectivity index (χ3v) is 5.78. The molecule has 2 aliphatic rings. The molecule has 0 saturated carbocycles. The highest BCUT2D eigenvalue weighted by Crippen LogP contribution is 2.40. The van der Waals surface area contributed by atoms with E-state index in [9.17, 15) is 9.59 Å². The zero-order valence-electron chi connectivity index (χ0n) is 14.9. The van der Waals surface area contributed by atoms with Crippen LogP contribution in [0.2, 0.25) is 0 Å². The minimum atomic E-state index is 0.230. The fraction of sp³-hybridized carbons (Fsp3) is 0.600. The lowest BCUT2D eigenvalue weighted by atomic mass is 9.72. The number of aryl methyl sites for hydroxylation is 1. The third kappa shape index (κ3) is 3.63. The van der Waals surface area contributed by atoms with Crippen molar-refractivity contribution in [1.29, 1.82) is 0 Å². The molecular weight excluding hydrogens is 300 g/mol. The topological polar surface area (TPSA) is 40.6 Å². The Kier molecular flexibility index (Phi) is 4.93. The van der Waals surface area contributed by atoms with Crippen molar-refractivity contribution in [3.8, 4) is 0 Å². The first-order valence-corrected chi connectivity index (χ1v) is 9.12. The minimum absolute atomic E-state index is 0.230. The molecule has 4 nitrogen and oxygen atoms in total. The second kappa shape index (κ2) is 6.96. The molecule has 1 spiro atoms. The van der Waals surface area contributed by atoms with Crippen LogP contribution < -0.4 is 0 Å². The zero-order valence-corrected chi connectivity index (χ0v) is 14.9. The SMILES string of the molecule is CCN1CC2(CCC1=O)CCN(C(=O)Cc1ccc(C)cc1)CC2. The minimum Gasteiger partial charge on any atom is -0.342 e. The van der Waals surface area contributed by atoms with Crippen LogP contribution in [-0.4, -0.2) is 47.8 Å². The van der Waals surface area contributed by atoms with Gasteiger partial charge in [0.1, 0.15) is 0 Å². The first kappa shape index (κ1) is 17.0. The van der Waals surface area contributed by atoms with E-state index in [1.54, 1.807) is 0 Å². The lowest BCUT2D eigenvalue weighted by molar-refractivity contribution is -0.142. The Bertz CT molecular complexity index is 601. The van der Waals surface area contributed by atoms with Crippen LogP contribution in [0.3, 0.4) is 0 Å². The van der Waals surface area contributed by atoms with E-state index in [-0.39, 0.29) is 11.3 Å². The molecule has 0 N–H and O–H groups in total. The molecule has 2 saturated heterocycles. The number of hydrogen-bond donors (Lipinski definition) is 0. The lowest BCUT2D eigenvalue weighted by Gasteiger charge is -2.47. The molecule has 3 rings (SSSR count). The summed E-state index contributed by atoms with van der Waals surface area (Å²) in [7, 11) is 0. The van der Waals surface area contributed by atoms with Gasteiger partial charge in [-0.3, -0.25) is 9.59 Å². The average Bonchev–Trinajstić information content (AvgIpc) is 2.60. The van der Waals surface area contributed by atoms with Crippen molar-refractivity contribution in [2.24, 2.45) is 5.41 Å². The molecule has 0 bridgehead atoms. The van der Waals surface area contributed by atoms with E-state index in [0.717, 1.165) is 51.0 Å². The molecule has 130 valence electrons. The highest BCUT2D eigenvalue weighted by Gasteiger charge is 2.41. The van der Waals surface area contributed by atoms with Gasteiger partial charge in [-0.25, -0.2) is 0 Å². The van der Waals surface area contributed by atoms with Crippen molar-refractivity contribution in [3.05, 3.63) is 35.4 Å². The second-order valence-electron chi connectivity index (χ2n) is 7.45. The van der Waals surface area contributed by atoms with E-state index in [0.29, 0.717) is 18.7 Å². The summed E-state index contributed by atoms with van der Waals surface area (Å²) >= 11 is 0. The molecule has 2 heterocycles. The van der Waals surface area contributed by atoms with Crippen LogP contribution in [-0.2, 0) is 16.0 Å². The van der Waals surface area contributed by atoms with Crippen LogP contribution in [0.1, 0.15) is 43.7 Å². The lowest BCUT2D eigenvalue weighted by Crippen LogP contribution is -2.52. The summed E-state index contributed by atoms with van der Waals surface area (Å²) in [4.78, 5) is 28.5. The summed E-state index contributed by atoms with van der Waals surface area (Å²) in [6, 6.07) is 8.22. The molecule has 0 aliphatic carbocycles. The maximum absolute atomic E-state index is 12.6. The van der Waals surface area contributed by atoms with E-state index in [2.05, 4.69) is 26.0 Å². The molecule has 0 atom stereocenters. The molecule has 0 aromatic heterocycles. The Balaban J connectivity index is 1.55. The number of amides is 2. The summed E-state index contributed by atoms with van der Waals surface area (Å²) in [6.07, 6.45) is 4.20. The van der Waals surface area contributed by atoms with Crippen LogP contribution >= 0.6 is 0 Å². The quantitative estimate of drug-likeness (QED) is 0.856. The van der Waals surface area contributed by atoms with Crippen LogP contribution in [0, 0.1) is 12.3 Å². The Morgan fingerprint density at radius 3 is 2.42 bits per heavy atom. The van der Waals surface area contributed by atoms with Gasteiger partial charge < -0.3 is 9.80 Å². The van der Waals surface area contributed by atoms with Crippen LogP contribution in [0.15, 0.2) is 24.3 Å². The normalized spacial score (nSPS) is 20.5. The van der Waals surface area contributed by atoms with Gasteiger partial charge in [0, 0.05) is 32.6 Å². The first-order valence-electron chi connectivity index (χ1n) is 9.12. The number of carbonyl (C=O) groups excluding carboxylic acids is 2. The number of carbonyl (C=O) groups is 2. The van der Waals surface area contributed by atoms with Crippen molar-refractivity contribution in [3.63, 3.8) is 0 Å². The average molecular weight is 328 g/mol. The van der Waals surface area contributed by atoms with E-state index in [1.807, 2.05) is 21.9 Å². The Labute approximate surface area is 144 Å². The van der Waals surface area contributed by atoms with Gasteiger partial charge >= 0.3 is 0 Å². The highest BCUT2D eigenvalue weighted by molar-refractivity contribution is 5.79. The molecule has 4 heteroatoms. The Hall–Kier alpha value is -1.84. The zero-order chi connectivity index (χ0) is 17.2. The Morgan fingerprint density at radius 2 is 1.79 bits per heavy atom. The van der Waals surface area contributed by atoms with Crippen molar-refractivity contribution in [2.75, 3.05) is 26.2 Å². The smallest absolute Gasteiger partial charge is 0.226 e. The second-order valence-corrected chi connectivity index (χ2v) is 7.45. The van der Waals surface area contributed by atoms with Gasteiger partial charge in [-0.05, 0) is 44.1 Å². The van der Waals surface area contributed by atoms with Gasteiger partial charge in [-0.2, -0.15) is 0 Å². The van der Waals surface area contributed by atoms with Gasteiger partial charge in [0.25, 0.3) is 0 Å². The number of likely N-dealkylation sites (tertiary alicyclic amines) is 2. The van der Waals surface area contributed by atoms with Crippen molar-refractivity contribution >= 4 is 11.8 Å². The summed E-state index contributed by atoms with van der Waals surface area (Å²) in [6.45, 7) is 7.45. The monoisotopic (exact) mass is 328 g/mol. The number of benzene rings is 1. The largest absolute Gasteiger partial charge is 0.342 e. The summed E-state index contributed by atoms with van der Waals surface area (Å²) in [5, 5.41) is 0. The highest BCUT2D eigenvalue weighted by atomic mass is 16.2. The molecule has 2 amide bonds. The van der Waals surface area contributed by atoms with E-state index in [4.69, 9.17) is 0 Å². The standard InChI is InChI=1S/C20H28N2O2/c1-3-21-15-20(9-8-18(21)23)10-12-22(13-11-20)19(24)14-17-6-4-16(2)5-7-17/h4-7H,3,8-15H2,1-2H3. The molecule has 1 aromatic carbocycles. The molecule has 1 aromatic rings. The first-order chi connectivity index (χ1) is 11.5. The molecule has 0 unspecified atom stereocenters. The molecular formula is C20H28N2O2. The van der Waals surface area contributed by atoms with E-state index in [1.165, 1.54) is 5.56 Å².